The number of carbonyl (C=O) groups is 1. The third-order valence-corrected chi connectivity index (χ3v) is 6.30. The molecule has 3 aromatic heterocycles. The van der Waals surface area contributed by atoms with Gasteiger partial charge in [0.1, 0.15) is 0 Å². The van der Waals surface area contributed by atoms with Crippen LogP contribution >= 0.6 is 0 Å². The van der Waals surface area contributed by atoms with E-state index < -0.39 is 0 Å². The van der Waals surface area contributed by atoms with Gasteiger partial charge in [0.05, 0.1) is 17.5 Å². The quantitative estimate of drug-likeness (QED) is 0.425. The number of carbonyl (C=O) groups excluding carboxylic acids is 1. The van der Waals surface area contributed by atoms with E-state index in [1.165, 1.54) is 0 Å². The molecule has 0 aliphatic carbocycles. The number of nitrogens with one attached hydrogen (secondary N) is 1. The maximum atomic E-state index is 12.7. The minimum atomic E-state index is -0.0260. The Morgan fingerprint density at radius 1 is 0.939 bits per heavy atom. The highest BCUT2D eigenvalue weighted by Gasteiger charge is 2.15. The average molecular weight is 439 g/mol. The molecule has 3 heterocycles. The van der Waals surface area contributed by atoms with Crippen molar-refractivity contribution in [1.29, 1.82) is 0 Å². The van der Waals surface area contributed by atoms with Gasteiger partial charge in [-0.3, -0.25) is 4.79 Å². The highest BCUT2D eigenvalue weighted by molar-refractivity contribution is 5.92. The molecule has 0 unspecified atom stereocenters. The zero-order valence-electron chi connectivity index (χ0n) is 19.3. The van der Waals surface area contributed by atoms with Gasteiger partial charge in [-0.15, -0.1) is 0 Å². The van der Waals surface area contributed by atoms with Crippen LogP contribution in [0, 0.1) is 27.7 Å². The largest absolute Gasteiger partial charge is 0.326 e. The molecule has 0 fully saturated rings. The summed E-state index contributed by atoms with van der Waals surface area (Å²) in [5, 5.41) is 8.74. The Morgan fingerprint density at radius 3 is 2.42 bits per heavy atom. The first-order chi connectivity index (χ1) is 15.9. The second-order valence-electron chi connectivity index (χ2n) is 8.39. The summed E-state index contributed by atoms with van der Waals surface area (Å²) in [4.78, 5) is 21.8. The summed E-state index contributed by atoms with van der Waals surface area (Å²) in [6.07, 6.45) is 2.79. The molecule has 0 spiro atoms. The van der Waals surface area contributed by atoms with E-state index >= 15 is 0 Å². The van der Waals surface area contributed by atoms with Gasteiger partial charge in [-0.2, -0.15) is 5.10 Å². The van der Waals surface area contributed by atoms with Crippen LogP contribution in [0.5, 0.6) is 0 Å². The van der Waals surface area contributed by atoms with Gasteiger partial charge in [-0.1, -0.05) is 12.1 Å². The lowest BCUT2D eigenvalue weighted by Gasteiger charge is -2.12. The lowest BCUT2D eigenvalue weighted by molar-refractivity contribution is -0.116. The van der Waals surface area contributed by atoms with E-state index in [4.69, 9.17) is 10.1 Å². The molecular formula is C26H26N6O. The van der Waals surface area contributed by atoms with Gasteiger partial charge in [0.2, 0.25) is 5.91 Å². The molecule has 0 atom stereocenters. The number of nitrogens with zero attached hydrogens (tertiary/aromatic N) is 5. The molecular weight excluding hydrogens is 412 g/mol. The Labute approximate surface area is 192 Å². The molecule has 2 aromatic carbocycles. The molecule has 0 bridgehead atoms. The number of amides is 1. The molecule has 5 aromatic rings. The number of aromatic nitrogens is 5. The van der Waals surface area contributed by atoms with E-state index in [0.29, 0.717) is 12.8 Å². The fraction of sp³-hybridized carbons (Fsp3) is 0.231. The maximum Gasteiger partial charge on any atom is 0.224 e. The second kappa shape index (κ2) is 8.16. The maximum absolute atomic E-state index is 12.7. The first-order valence-electron chi connectivity index (χ1n) is 11.1. The fourth-order valence-electron chi connectivity index (χ4n) is 4.26. The fourth-order valence-corrected chi connectivity index (χ4v) is 4.26. The molecule has 0 saturated carbocycles. The Morgan fingerprint density at radius 2 is 1.70 bits per heavy atom. The molecule has 0 aliphatic heterocycles. The van der Waals surface area contributed by atoms with E-state index in [1.807, 2.05) is 91.6 Å². The monoisotopic (exact) mass is 438 g/mol. The van der Waals surface area contributed by atoms with Gasteiger partial charge in [0.25, 0.3) is 0 Å². The summed E-state index contributed by atoms with van der Waals surface area (Å²) >= 11 is 0. The predicted octanol–water partition coefficient (Wildman–Crippen LogP) is 4.87. The van der Waals surface area contributed by atoms with Crippen molar-refractivity contribution in [3.8, 4) is 5.69 Å². The van der Waals surface area contributed by atoms with Crippen LogP contribution in [0.25, 0.3) is 22.2 Å². The molecule has 166 valence electrons. The number of fused-ring (bicyclic) bond motifs is 3. The number of benzene rings is 2. The van der Waals surface area contributed by atoms with Crippen LogP contribution in [-0.4, -0.2) is 30.1 Å². The van der Waals surface area contributed by atoms with Gasteiger partial charge in [-0.05, 0) is 76.1 Å². The van der Waals surface area contributed by atoms with E-state index in [1.54, 1.807) is 0 Å². The van der Waals surface area contributed by atoms with Crippen LogP contribution < -0.4 is 5.32 Å². The average Bonchev–Trinajstić information content (AvgIpc) is 3.34. The summed E-state index contributed by atoms with van der Waals surface area (Å²) in [7, 11) is 0. The molecule has 0 saturated heterocycles. The van der Waals surface area contributed by atoms with Crippen molar-refractivity contribution in [1.82, 2.24) is 24.1 Å². The van der Waals surface area contributed by atoms with Crippen LogP contribution in [0.15, 0.2) is 54.9 Å². The van der Waals surface area contributed by atoms with Crippen molar-refractivity contribution >= 4 is 28.1 Å². The SMILES string of the molecule is Cc1nc2c3ccccc3nn2c(C)c1CCC(=O)Nc1ccc(-n2cnc(C)c2C)cc1. The van der Waals surface area contributed by atoms with Gasteiger partial charge >= 0.3 is 0 Å². The van der Waals surface area contributed by atoms with Crippen LogP contribution in [0.2, 0.25) is 0 Å². The number of aryl methyl sites for hydroxylation is 3. The topological polar surface area (TPSA) is 77.1 Å². The van der Waals surface area contributed by atoms with Crippen molar-refractivity contribution in [3.05, 3.63) is 83.2 Å². The second-order valence-corrected chi connectivity index (χ2v) is 8.39. The summed E-state index contributed by atoms with van der Waals surface area (Å²) in [6, 6.07) is 15.8. The van der Waals surface area contributed by atoms with Crippen LogP contribution in [0.4, 0.5) is 5.69 Å². The number of imidazole rings is 1. The smallest absolute Gasteiger partial charge is 0.224 e. The Hall–Kier alpha value is -4.00. The molecule has 1 N–H and O–H groups in total. The van der Waals surface area contributed by atoms with Crippen molar-refractivity contribution in [3.63, 3.8) is 0 Å². The summed E-state index contributed by atoms with van der Waals surface area (Å²) in [6.45, 7) is 8.08. The molecule has 33 heavy (non-hydrogen) atoms. The Balaban J connectivity index is 1.30. The van der Waals surface area contributed by atoms with E-state index in [9.17, 15) is 4.79 Å². The van der Waals surface area contributed by atoms with Gasteiger partial charge in [0, 0.05) is 40.3 Å². The van der Waals surface area contributed by atoms with Gasteiger partial charge in [0.15, 0.2) is 5.65 Å². The van der Waals surface area contributed by atoms with Crippen LogP contribution in [0.3, 0.4) is 0 Å². The van der Waals surface area contributed by atoms with Gasteiger partial charge in [-0.25, -0.2) is 14.5 Å². The third-order valence-electron chi connectivity index (χ3n) is 6.30. The van der Waals surface area contributed by atoms with E-state index in [-0.39, 0.29) is 5.91 Å². The Kier molecular flexibility index (Phi) is 5.17. The van der Waals surface area contributed by atoms with Crippen LogP contribution in [-0.2, 0) is 11.2 Å². The normalized spacial score (nSPS) is 11.4. The lowest BCUT2D eigenvalue weighted by atomic mass is 10.1. The zero-order valence-corrected chi connectivity index (χ0v) is 19.3. The van der Waals surface area contributed by atoms with Crippen molar-refractivity contribution in [2.24, 2.45) is 0 Å². The number of hydrogen-bond donors (Lipinski definition) is 1. The lowest BCUT2D eigenvalue weighted by Crippen LogP contribution is -2.14. The van der Waals surface area contributed by atoms with Crippen molar-refractivity contribution in [2.45, 2.75) is 40.5 Å². The molecule has 7 nitrogen and oxygen atoms in total. The minimum absolute atomic E-state index is 0.0260. The minimum Gasteiger partial charge on any atom is -0.326 e. The highest BCUT2D eigenvalue weighted by Crippen LogP contribution is 2.23. The summed E-state index contributed by atoms with van der Waals surface area (Å²) in [5.74, 6) is -0.0260. The molecule has 1 amide bonds. The number of hydrogen-bond acceptors (Lipinski definition) is 4. The van der Waals surface area contributed by atoms with E-state index in [2.05, 4.69) is 10.3 Å². The van der Waals surface area contributed by atoms with Crippen molar-refractivity contribution in [2.75, 3.05) is 5.32 Å². The van der Waals surface area contributed by atoms with E-state index in [0.717, 1.165) is 56.3 Å². The van der Waals surface area contributed by atoms with Gasteiger partial charge < -0.3 is 9.88 Å². The number of rotatable bonds is 5. The molecule has 0 radical (unpaired) electrons. The molecule has 0 aliphatic rings. The summed E-state index contributed by atoms with van der Waals surface area (Å²) < 4.78 is 3.93. The van der Waals surface area contributed by atoms with Crippen molar-refractivity contribution < 1.29 is 4.79 Å². The van der Waals surface area contributed by atoms with Crippen LogP contribution in [0.1, 0.15) is 34.8 Å². The zero-order chi connectivity index (χ0) is 23.1. The first-order valence-corrected chi connectivity index (χ1v) is 11.1. The first kappa shape index (κ1) is 20.9. The highest BCUT2D eigenvalue weighted by atomic mass is 16.1. The Bertz CT molecular complexity index is 1490. The molecule has 7 heteroatoms. The number of anilines is 1. The standard InChI is InChI=1S/C26H26N6O/c1-16-18(3)31(15-27-16)21-11-9-20(10-12-21)29-25(33)14-13-22-17(2)28-26-23-7-5-6-8-24(23)30-32(26)19(22)4/h5-12,15H,13-14H2,1-4H3,(H,29,33). The molecule has 5 rings (SSSR count). The predicted molar refractivity (Wildman–Crippen MR) is 130 cm³/mol. The third kappa shape index (κ3) is 3.75. The summed E-state index contributed by atoms with van der Waals surface area (Å²) in [5.41, 5.74) is 8.71.